The molecule has 1 atom stereocenters. The van der Waals surface area contributed by atoms with Crippen molar-refractivity contribution in [3.63, 3.8) is 0 Å². The Labute approximate surface area is 176 Å². The van der Waals surface area contributed by atoms with Crippen LogP contribution in [0.3, 0.4) is 0 Å². The van der Waals surface area contributed by atoms with E-state index in [-0.39, 0.29) is 6.04 Å². The van der Waals surface area contributed by atoms with Crippen LogP contribution < -0.4 is 4.57 Å². The SMILES string of the molecule is CCc1n(C(c2ccccc2)c2cc3ccccc3o2)cc[n+]1Cc1ccccc1. The second kappa shape index (κ2) is 8.03. The molecule has 3 nitrogen and oxygen atoms in total. The zero-order valence-electron chi connectivity index (χ0n) is 17.1. The summed E-state index contributed by atoms with van der Waals surface area (Å²) in [6, 6.07) is 31.6. The van der Waals surface area contributed by atoms with Crippen LogP contribution in [-0.2, 0) is 13.0 Å². The molecule has 1 unspecified atom stereocenters. The minimum Gasteiger partial charge on any atom is -0.456 e. The highest BCUT2D eigenvalue weighted by atomic mass is 16.3. The van der Waals surface area contributed by atoms with E-state index in [4.69, 9.17) is 4.42 Å². The van der Waals surface area contributed by atoms with Crippen molar-refractivity contribution in [1.82, 2.24) is 4.57 Å². The third-order valence-electron chi connectivity index (χ3n) is 5.66. The van der Waals surface area contributed by atoms with E-state index in [9.17, 15) is 0 Å². The molecule has 0 spiro atoms. The van der Waals surface area contributed by atoms with Gasteiger partial charge in [-0.1, -0.05) is 85.8 Å². The Morgan fingerprint density at radius 2 is 1.57 bits per heavy atom. The van der Waals surface area contributed by atoms with Crippen molar-refractivity contribution in [2.75, 3.05) is 0 Å². The highest BCUT2D eigenvalue weighted by Crippen LogP contribution is 2.32. The maximum atomic E-state index is 6.34. The van der Waals surface area contributed by atoms with E-state index in [2.05, 4.69) is 107 Å². The second-order valence-electron chi connectivity index (χ2n) is 7.59. The molecule has 0 amide bonds. The summed E-state index contributed by atoms with van der Waals surface area (Å²) in [6.07, 6.45) is 5.31. The second-order valence-corrected chi connectivity index (χ2v) is 7.59. The Morgan fingerprint density at radius 1 is 0.867 bits per heavy atom. The van der Waals surface area contributed by atoms with Gasteiger partial charge < -0.3 is 4.42 Å². The van der Waals surface area contributed by atoms with Crippen LogP contribution in [0.1, 0.15) is 35.7 Å². The Hall–Kier alpha value is -3.59. The van der Waals surface area contributed by atoms with Gasteiger partial charge >= 0.3 is 0 Å². The van der Waals surface area contributed by atoms with Gasteiger partial charge in [0.25, 0.3) is 5.82 Å². The van der Waals surface area contributed by atoms with E-state index in [1.165, 1.54) is 17.0 Å². The zero-order valence-corrected chi connectivity index (χ0v) is 17.1. The Kier molecular flexibility index (Phi) is 4.94. The van der Waals surface area contributed by atoms with Crippen LogP contribution in [0, 0.1) is 0 Å². The Bertz CT molecular complexity index is 1220. The predicted molar refractivity (Wildman–Crippen MR) is 119 cm³/mol. The molecule has 2 aromatic heterocycles. The highest BCUT2D eigenvalue weighted by molar-refractivity contribution is 5.78. The number of para-hydroxylation sites is 1. The number of furan rings is 1. The van der Waals surface area contributed by atoms with Gasteiger partial charge in [-0.05, 0) is 17.7 Å². The van der Waals surface area contributed by atoms with Crippen molar-refractivity contribution < 1.29 is 8.98 Å². The maximum Gasteiger partial charge on any atom is 0.257 e. The molecule has 2 heterocycles. The van der Waals surface area contributed by atoms with Crippen molar-refractivity contribution in [1.29, 1.82) is 0 Å². The number of nitrogens with zero attached hydrogens (tertiary/aromatic N) is 2. The summed E-state index contributed by atoms with van der Waals surface area (Å²) in [7, 11) is 0. The molecule has 5 aromatic rings. The van der Waals surface area contributed by atoms with Crippen LogP contribution in [0.5, 0.6) is 0 Å². The number of benzene rings is 3. The summed E-state index contributed by atoms with van der Waals surface area (Å²) in [5.74, 6) is 2.23. The summed E-state index contributed by atoms with van der Waals surface area (Å²) >= 11 is 0. The molecular formula is C27H25N2O+. The molecule has 0 saturated heterocycles. The highest BCUT2D eigenvalue weighted by Gasteiger charge is 2.29. The van der Waals surface area contributed by atoms with Crippen molar-refractivity contribution in [3.05, 3.63) is 126 Å². The monoisotopic (exact) mass is 393 g/mol. The molecule has 0 aliphatic rings. The summed E-state index contributed by atoms with van der Waals surface area (Å²) in [4.78, 5) is 0. The molecule has 3 heteroatoms. The minimum atomic E-state index is -0.00873. The van der Waals surface area contributed by atoms with E-state index < -0.39 is 0 Å². The van der Waals surface area contributed by atoms with Gasteiger partial charge in [-0.3, -0.25) is 0 Å². The third kappa shape index (κ3) is 3.43. The smallest absolute Gasteiger partial charge is 0.257 e. The lowest BCUT2D eigenvalue weighted by Crippen LogP contribution is -2.38. The van der Waals surface area contributed by atoms with E-state index in [1.54, 1.807) is 0 Å². The molecule has 148 valence electrons. The first-order valence-electron chi connectivity index (χ1n) is 10.5. The summed E-state index contributed by atoms with van der Waals surface area (Å²) in [5.41, 5.74) is 3.44. The predicted octanol–water partition coefficient (Wildman–Crippen LogP) is 5.77. The lowest BCUT2D eigenvalue weighted by Gasteiger charge is -2.14. The van der Waals surface area contributed by atoms with Crippen LogP contribution in [0.15, 0.2) is 108 Å². The number of aromatic nitrogens is 2. The third-order valence-corrected chi connectivity index (χ3v) is 5.66. The van der Waals surface area contributed by atoms with Crippen molar-refractivity contribution in [3.8, 4) is 0 Å². The number of imidazole rings is 1. The standard InChI is InChI=1S/C27H25N2O/c1-2-26-28(20-21-11-5-3-6-12-21)17-18-29(26)27(22-13-7-4-8-14-22)25-19-23-15-9-10-16-24(23)30-25/h3-19,27H,2,20H2,1H3/q+1. The Morgan fingerprint density at radius 3 is 2.30 bits per heavy atom. The quantitative estimate of drug-likeness (QED) is 0.336. The van der Waals surface area contributed by atoms with Gasteiger partial charge in [-0.25, -0.2) is 9.13 Å². The summed E-state index contributed by atoms with van der Waals surface area (Å²) in [6.45, 7) is 3.08. The molecule has 0 N–H and O–H groups in total. The lowest BCUT2D eigenvalue weighted by molar-refractivity contribution is -0.695. The van der Waals surface area contributed by atoms with Crippen LogP contribution >= 0.6 is 0 Å². The van der Waals surface area contributed by atoms with Crippen LogP contribution in [0.4, 0.5) is 0 Å². The number of rotatable bonds is 6. The fraction of sp³-hybridized carbons (Fsp3) is 0.148. The van der Waals surface area contributed by atoms with Gasteiger partial charge in [0.2, 0.25) is 0 Å². The molecule has 0 fully saturated rings. The molecule has 3 aromatic carbocycles. The van der Waals surface area contributed by atoms with E-state index in [0.717, 1.165) is 29.7 Å². The fourth-order valence-corrected chi connectivity index (χ4v) is 4.25. The number of fused-ring (bicyclic) bond motifs is 1. The first-order chi connectivity index (χ1) is 14.8. The van der Waals surface area contributed by atoms with Crippen molar-refractivity contribution in [2.45, 2.75) is 25.9 Å². The summed E-state index contributed by atoms with van der Waals surface area (Å²) in [5, 5.41) is 1.13. The molecule has 30 heavy (non-hydrogen) atoms. The first-order valence-corrected chi connectivity index (χ1v) is 10.5. The van der Waals surface area contributed by atoms with Crippen LogP contribution in [0.2, 0.25) is 0 Å². The molecule has 0 aliphatic carbocycles. The van der Waals surface area contributed by atoms with Gasteiger partial charge in [0, 0.05) is 17.4 Å². The topological polar surface area (TPSA) is 21.9 Å². The van der Waals surface area contributed by atoms with E-state index in [1.807, 2.05) is 12.1 Å². The molecule has 0 aliphatic heterocycles. The average Bonchev–Trinajstić information content (AvgIpc) is 3.39. The van der Waals surface area contributed by atoms with Crippen LogP contribution in [0.25, 0.3) is 11.0 Å². The molecule has 5 rings (SSSR count). The summed E-state index contributed by atoms with van der Waals surface area (Å²) < 4.78 is 11.0. The average molecular weight is 394 g/mol. The minimum absolute atomic E-state index is 0.00873. The van der Waals surface area contributed by atoms with Gasteiger partial charge in [-0.2, -0.15) is 0 Å². The largest absolute Gasteiger partial charge is 0.456 e. The molecular weight excluding hydrogens is 368 g/mol. The van der Waals surface area contributed by atoms with Gasteiger partial charge in [0.15, 0.2) is 11.8 Å². The van der Waals surface area contributed by atoms with E-state index in [0.29, 0.717) is 0 Å². The normalized spacial score (nSPS) is 12.3. The molecule has 0 radical (unpaired) electrons. The van der Waals surface area contributed by atoms with Gasteiger partial charge in [0.05, 0.1) is 0 Å². The van der Waals surface area contributed by atoms with Crippen molar-refractivity contribution >= 4 is 11.0 Å². The molecule has 0 saturated carbocycles. The van der Waals surface area contributed by atoms with Crippen LogP contribution in [-0.4, -0.2) is 4.57 Å². The zero-order chi connectivity index (χ0) is 20.3. The van der Waals surface area contributed by atoms with E-state index >= 15 is 0 Å². The van der Waals surface area contributed by atoms with Gasteiger partial charge in [-0.15, -0.1) is 0 Å². The maximum absolute atomic E-state index is 6.34. The Balaban J connectivity index is 1.63. The lowest BCUT2D eigenvalue weighted by atomic mass is 10.0. The van der Waals surface area contributed by atoms with Crippen molar-refractivity contribution in [2.24, 2.45) is 0 Å². The van der Waals surface area contributed by atoms with Gasteiger partial charge in [0.1, 0.15) is 24.5 Å². The number of hydrogen-bond donors (Lipinski definition) is 0. The fourth-order valence-electron chi connectivity index (χ4n) is 4.25. The molecule has 0 bridgehead atoms. The number of hydrogen-bond acceptors (Lipinski definition) is 1. The first kappa shape index (κ1) is 18.4.